The molecule has 3 rings (SSSR count). The van der Waals surface area contributed by atoms with Gasteiger partial charge in [0, 0.05) is 19.3 Å². The van der Waals surface area contributed by atoms with Crippen molar-refractivity contribution in [1.82, 2.24) is 9.97 Å². The van der Waals surface area contributed by atoms with Gasteiger partial charge in [-0.25, -0.2) is 9.78 Å². The summed E-state index contributed by atoms with van der Waals surface area (Å²) in [6, 6.07) is 19.2. The van der Waals surface area contributed by atoms with Crippen LogP contribution in [0, 0.1) is 0 Å². The molecule has 0 aliphatic carbocycles. The highest BCUT2D eigenvalue weighted by molar-refractivity contribution is 5.96. The maximum Gasteiger partial charge on any atom is 0.339 e. The number of esters is 1. The van der Waals surface area contributed by atoms with Crippen molar-refractivity contribution in [2.75, 3.05) is 23.9 Å². The molecular formula is C21H22N4O2. The van der Waals surface area contributed by atoms with Crippen molar-refractivity contribution >= 4 is 23.4 Å². The fourth-order valence-corrected chi connectivity index (χ4v) is 2.74. The molecule has 6 heteroatoms. The van der Waals surface area contributed by atoms with E-state index in [-0.39, 0.29) is 0 Å². The molecule has 0 unspecified atom stereocenters. The van der Waals surface area contributed by atoms with Crippen LogP contribution in [0.4, 0.5) is 17.5 Å². The molecule has 0 saturated heterocycles. The van der Waals surface area contributed by atoms with Crippen molar-refractivity contribution in [1.29, 1.82) is 0 Å². The number of nitrogens with zero attached hydrogens (tertiary/aromatic N) is 3. The highest BCUT2D eigenvalue weighted by Gasteiger charge is 2.13. The Hall–Kier alpha value is -3.41. The van der Waals surface area contributed by atoms with E-state index in [2.05, 4.69) is 39.2 Å². The maximum atomic E-state index is 11.9. The summed E-state index contributed by atoms with van der Waals surface area (Å²) in [4.78, 5) is 23.0. The fourth-order valence-electron chi connectivity index (χ4n) is 2.74. The standard InChI is InChI=1S/C21H22N4O2/c1-3-25(15-16-9-5-4-6-10-16)19-13-14-22-21(24-19)23-18-12-8-7-11-17(18)20(26)27-2/h4-14H,3,15H2,1-2H3,(H,22,23,24). The summed E-state index contributed by atoms with van der Waals surface area (Å²) in [5.41, 5.74) is 2.25. The summed E-state index contributed by atoms with van der Waals surface area (Å²) in [5.74, 6) is 0.832. The van der Waals surface area contributed by atoms with Gasteiger partial charge in [0.05, 0.1) is 18.4 Å². The first-order valence-electron chi connectivity index (χ1n) is 8.77. The molecule has 0 aliphatic heterocycles. The van der Waals surface area contributed by atoms with Gasteiger partial charge in [0.1, 0.15) is 5.82 Å². The summed E-state index contributed by atoms with van der Waals surface area (Å²) in [6.45, 7) is 3.65. The normalized spacial score (nSPS) is 10.3. The van der Waals surface area contributed by atoms with E-state index in [1.807, 2.05) is 30.3 Å². The minimum Gasteiger partial charge on any atom is -0.465 e. The Bertz CT molecular complexity index is 899. The predicted octanol–water partition coefficient (Wildman–Crippen LogP) is 4.03. The van der Waals surface area contributed by atoms with Gasteiger partial charge in [-0.1, -0.05) is 42.5 Å². The molecule has 0 radical (unpaired) electrons. The van der Waals surface area contributed by atoms with Crippen LogP contribution in [0.15, 0.2) is 66.9 Å². The van der Waals surface area contributed by atoms with E-state index in [4.69, 9.17) is 4.74 Å². The van der Waals surface area contributed by atoms with Crippen LogP contribution < -0.4 is 10.2 Å². The molecule has 1 N–H and O–H groups in total. The second kappa shape index (κ2) is 8.80. The Morgan fingerprint density at radius 1 is 1.07 bits per heavy atom. The number of hydrogen-bond acceptors (Lipinski definition) is 6. The number of para-hydroxylation sites is 1. The van der Waals surface area contributed by atoms with E-state index in [1.54, 1.807) is 24.4 Å². The van der Waals surface area contributed by atoms with Gasteiger partial charge in [-0.15, -0.1) is 0 Å². The molecule has 0 atom stereocenters. The molecule has 0 fully saturated rings. The Morgan fingerprint density at radius 3 is 2.56 bits per heavy atom. The quantitative estimate of drug-likeness (QED) is 0.640. The third kappa shape index (κ3) is 4.61. The monoisotopic (exact) mass is 362 g/mol. The lowest BCUT2D eigenvalue weighted by Crippen LogP contribution is -2.23. The highest BCUT2D eigenvalue weighted by atomic mass is 16.5. The molecule has 1 heterocycles. The number of aromatic nitrogens is 2. The molecular weight excluding hydrogens is 340 g/mol. The van der Waals surface area contributed by atoms with E-state index in [9.17, 15) is 4.79 Å². The molecule has 1 aromatic heterocycles. The first-order chi connectivity index (χ1) is 13.2. The third-order valence-corrected chi connectivity index (χ3v) is 4.14. The van der Waals surface area contributed by atoms with Crippen LogP contribution in [0.5, 0.6) is 0 Å². The van der Waals surface area contributed by atoms with E-state index in [0.717, 1.165) is 18.9 Å². The van der Waals surface area contributed by atoms with Crippen molar-refractivity contribution in [2.45, 2.75) is 13.5 Å². The van der Waals surface area contributed by atoms with Gasteiger partial charge in [-0.2, -0.15) is 4.98 Å². The Balaban J connectivity index is 1.82. The van der Waals surface area contributed by atoms with E-state index in [1.165, 1.54) is 12.7 Å². The average Bonchev–Trinajstić information content (AvgIpc) is 2.73. The van der Waals surface area contributed by atoms with Crippen LogP contribution in [0.25, 0.3) is 0 Å². The summed E-state index contributed by atoms with van der Waals surface area (Å²) < 4.78 is 4.83. The summed E-state index contributed by atoms with van der Waals surface area (Å²) in [6.07, 6.45) is 1.71. The van der Waals surface area contributed by atoms with Crippen LogP contribution in [0.1, 0.15) is 22.8 Å². The number of anilines is 3. The number of nitrogens with one attached hydrogen (secondary N) is 1. The van der Waals surface area contributed by atoms with Gasteiger partial charge < -0.3 is 15.0 Å². The molecule has 138 valence electrons. The van der Waals surface area contributed by atoms with E-state index in [0.29, 0.717) is 17.2 Å². The molecule has 6 nitrogen and oxygen atoms in total. The number of ether oxygens (including phenoxy) is 1. The third-order valence-electron chi connectivity index (χ3n) is 4.14. The molecule has 0 amide bonds. The first-order valence-corrected chi connectivity index (χ1v) is 8.77. The molecule has 3 aromatic rings. The zero-order valence-corrected chi connectivity index (χ0v) is 15.4. The minimum atomic E-state index is -0.409. The fraction of sp³-hybridized carbons (Fsp3) is 0.190. The second-order valence-corrected chi connectivity index (χ2v) is 5.90. The van der Waals surface area contributed by atoms with Crippen molar-refractivity contribution in [3.63, 3.8) is 0 Å². The summed E-state index contributed by atoms with van der Waals surface area (Å²) in [7, 11) is 1.36. The Labute approximate surface area is 158 Å². The van der Waals surface area contributed by atoms with E-state index >= 15 is 0 Å². The number of carbonyl (C=O) groups is 1. The number of carbonyl (C=O) groups excluding carboxylic acids is 1. The number of benzene rings is 2. The van der Waals surface area contributed by atoms with Crippen molar-refractivity contribution in [3.05, 3.63) is 78.0 Å². The Morgan fingerprint density at radius 2 is 1.81 bits per heavy atom. The lowest BCUT2D eigenvalue weighted by Gasteiger charge is -2.22. The lowest BCUT2D eigenvalue weighted by molar-refractivity contribution is 0.0602. The molecule has 27 heavy (non-hydrogen) atoms. The number of hydrogen-bond donors (Lipinski definition) is 1. The minimum absolute atomic E-state index is 0.409. The largest absolute Gasteiger partial charge is 0.465 e. The van der Waals surface area contributed by atoms with Gasteiger partial charge in [-0.3, -0.25) is 0 Å². The van der Waals surface area contributed by atoms with Crippen molar-refractivity contribution in [3.8, 4) is 0 Å². The molecule has 2 aromatic carbocycles. The molecule has 0 saturated carbocycles. The predicted molar refractivity (Wildman–Crippen MR) is 106 cm³/mol. The zero-order chi connectivity index (χ0) is 19.1. The van der Waals surface area contributed by atoms with Crippen LogP contribution in [-0.2, 0) is 11.3 Å². The number of rotatable bonds is 7. The number of methoxy groups -OCH3 is 1. The van der Waals surface area contributed by atoms with Gasteiger partial charge in [-0.05, 0) is 30.7 Å². The van der Waals surface area contributed by atoms with Crippen LogP contribution in [0.2, 0.25) is 0 Å². The van der Waals surface area contributed by atoms with E-state index < -0.39 is 5.97 Å². The lowest BCUT2D eigenvalue weighted by atomic mass is 10.2. The van der Waals surface area contributed by atoms with Gasteiger partial charge in [0.2, 0.25) is 5.95 Å². The topological polar surface area (TPSA) is 67.4 Å². The highest BCUT2D eigenvalue weighted by Crippen LogP contribution is 2.21. The molecule has 0 bridgehead atoms. The summed E-state index contributed by atoms with van der Waals surface area (Å²) >= 11 is 0. The molecule has 0 spiro atoms. The van der Waals surface area contributed by atoms with Crippen LogP contribution >= 0.6 is 0 Å². The van der Waals surface area contributed by atoms with Crippen molar-refractivity contribution in [2.24, 2.45) is 0 Å². The van der Waals surface area contributed by atoms with Crippen LogP contribution in [-0.4, -0.2) is 29.6 Å². The Kier molecular flexibility index (Phi) is 5.99. The van der Waals surface area contributed by atoms with Crippen molar-refractivity contribution < 1.29 is 9.53 Å². The average molecular weight is 362 g/mol. The van der Waals surface area contributed by atoms with Gasteiger partial charge >= 0.3 is 5.97 Å². The smallest absolute Gasteiger partial charge is 0.339 e. The van der Waals surface area contributed by atoms with Gasteiger partial charge in [0.15, 0.2) is 0 Å². The zero-order valence-electron chi connectivity index (χ0n) is 15.4. The van der Waals surface area contributed by atoms with Crippen LogP contribution in [0.3, 0.4) is 0 Å². The van der Waals surface area contributed by atoms with Gasteiger partial charge in [0.25, 0.3) is 0 Å². The first kappa shape index (κ1) is 18.4. The second-order valence-electron chi connectivity index (χ2n) is 5.90. The SMILES string of the molecule is CCN(Cc1ccccc1)c1ccnc(Nc2ccccc2C(=O)OC)n1. The molecule has 0 aliphatic rings. The maximum absolute atomic E-state index is 11.9. The summed E-state index contributed by atoms with van der Waals surface area (Å²) in [5, 5.41) is 3.12.